The lowest BCUT2D eigenvalue weighted by atomic mass is 10.2. The van der Waals surface area contributed by atoms with Crippen molar-refractivity contribution in [3.8, 4) is 0 Å². The second kappa shape index (κ2) is 8.47. The molecule has 0 aliphatic carbocycles. The first kappa shape index (κ1) is 16.4. The van der Waals surface area contributed by atoms with Gasteiger partial charge < -0.3 is 5.32 Å². The highest BCUT2D eigenvalue weighted by atomic mass is 35.5. The molecule has 0 aliphatic rings. The van der Waals surface area contributed by atoms with Crippen LogP contribution in [0.5, 0.6) is 0 Å². The Balaban J connectivity index is 2.00. The van der Waals surface area contributed by atoms with Gasteiger partial charge in [-0.25, -0.2) is 0 Å². The fraction of sp³-hybridized carbons (Fsp3) is 0.438. The molecule has 1 unspecified atom stereocenters. The minimum atomic E-state index is 0.325. The highest BCUT2D eigenvalue weighted by Crippen LogP contribution is 2.25. The van der Waals surface area contributed by atoms with Crippen LogP contribution in [-0.2, 0) is 6.54 Å². The molecule has 0 bridgehead atoms. The van der Waals surface area contributed by atoms with Crippen LogP contribution in [0.1, 0.15) is 31.9 Å². The number of aromatic nitrogens is 2. The Kier molecular flexibility index (Phi) is 6.61. The van der Waals surface area contributed by atoms with E-state index >= 15 is 0 Å². The lowest BCUT2D eigenvalue weighted by molar-refractivity contribution is 0.575. The molecule has 114 valence electrons. The van der Waals surface area contributed by atoms with E-state index in [4.69, 9.17) is 11.6 Å². The number of nitrogens with one attached hydrogen (secondary N) is 1. The summed E-state index contributed by atoms with van der Waals surface area (Å²) < 4.78 is 1.98. The summed E-state index contributed by atoms with van der Waals surface area (Å²) in [5.74, 6) is 0.983. The fourth-order valence-corrected chi connectivity index (χ4v) is 3.16. The molecular weight excluding hydrogens is 302 g/mol. The number of halogens is 1. The lowest BCUT2D eigenvalue weighted by Gasteiger charge is -2.16. The summed E-state index contributed by atoms with van der Waals surface area (Å²) in [6.07, 6.45) is 5.24. The zero-order chi connectivity index (χ0) is 15.1. The number of nitrogens with zero attached hydrogens (tertiary/aromatic N) is 2. The number of thioether (sulfide) groups is 1. The monoisotopic (exact) mass is 323 g/mol. The molecule has 1 heterocycles. The van der Waals surface area contributed by atoms with Gasteiger partial charge in [-0.2, -0.15) is 5.10 Å². The van der Waals surface area contributed by atoms with Gasteiger partial charge in [-0.15, -0.1) is 11.8 Å². The molecule has 2 rings (SSSR count). The molecule has 0 saturated heterocycles. The standard InChI is InChI=1S/C16H22ClN3S/c1-3-9-18-16(13-10-19-20(4-2)11-13)12-21-15-7-5-14(17)6-8-15/h5-8,10-11,16,18H,3-4,9,12H2,1-2H3. The average molecular weight is 324 g/mol. The summed E-state index contributed by atoms with van der Waals surface area (Å²) in [4.78, 5) is 1.24. The highest BCUT2D eigenvalue weighted by Gasteiger charge is 2.13. The Hall–Kier alpha value is -0.970. The van der Waals surface area contributed by atoms with Crippen LogP contribution in [0.15, 0.2) is 41.6 Å². The molecule has 0 aliphatic heterocycles. The van der Waals surface area contributed by atoms with E-state index in [0.29, 0.717) is 6.04 Å². The van der Waals surface area contributed by atoms with Crippen LogP contribution >= 0.6 is 23.4 Å². The van der Waals surface area contributed by atoms with Crippen molar-refractivity contribution in [3.63, 3.8) is 0 Å². The van der Waals surface area contributed by atoms with E-state index in [0.717, 1.165) is 30.3 Å². The number of hydrogen-bond acceptors (Lipinski definition) is 3. The first-order chi connectivity index (χ1) is 10.2. The molecule has 0 radical (unpaired) electrons. The molecule has 0 saturated carbocycles. The van der Waals surface area contributed by atoms with Gasteiger partial charge in [-0.3, -0.25) is 4.68 Å². The van der Waals surface area contributed by atoms with Gasteiger partial charge in [0.05, 0.1) is 6.20 Å². The largest absolute Gasteiger partial charge is 0.309 e. The predicted molar refractivity (Wildman–Crippen MR) is 91.1 cm³/mol. The topological polar surface area (TPSA) is 29.9 Å². The molecule has 2 aromatic rings. The average Bonchev–Trinajstić information content (AvgIpc) is 2.98. The molecule has 1 N–H and O–H groups in total. The number of aryl methyl sites for hydroxylation is 1. The van der Waals surface area contributed by atoms with Crippen molar-refractivity contribution in [2.24, 2.45) is 0 Å². The number of benzene rings is 1. The summed E-state index contributed by atoms with van der Waals surface area (Å²) in [5.41, 5.74) is 1.26. The van der Waals surface area contributed by atoms with Crippen molar-refractivity contribution in [2.75, 3.05) is 12.3 Å². The van der Waals surface area contributed by atoms with Crippen LogP contribution in [0.25, 0.3) is 0 Å². The van der Waals surface area contributed by atoms with Crippen LogP contribution in [0.4, 0.5) is 0 Å². The Morgan fingerprint density at radius 1 is 1.29 bits per heavy atom. The zero-order valence-electron chi connectivity index (χ0n) is 12.6. The third kappa shape index (κ3) is 5.06. The second-order valence-electron chi connectivity index (χ2n) is 4.90. The quantitative estimate of drug-likeness (QED) is 0.731. The van der Waals surface area contributed by atoms with E-state index in [1.165, 1.54) is 10.5 Å². The van der Waals surface area contributed by atoms with Crippen molar-refractivity contribution >= 4 is 23.4 Å². The van der Waals surface area contributed by atoms with Crippen LogP contribution in [0.3, 0.4) is 0 Å². The third-order valence-corrected chi connectivity index (χ3v) is 4.61. The summed E-state index contributed by atoms with van der Waals surface area (Å²) in [5, 5.41) is 8.77. The molecule has 3 nitrogen and oxygen atoms in total. The molecule has 0 amide bonds. The minimum absolute atomic E-state index is 0.325. The summed E-state index contributed by atoms with van der Waals surface area (Å²) in [6, 6.07) is 8.34. The van der Waals surface area contributed by atoms with E-state index in [-0.39, 0.29) is 0 Å². The maximum Gasteiger partial charge on any atom is 0.0537 e. The second-order valence-corrected chi connectivity index (χ2v) is 6.43. The molecule has 5 heteroatoms. The molecule has 1 aromatic carbocycles. The van der Waals surface area contributed by atoms with Crippen molar-refractivity contribution in [1.82, 2.24) is 15.1 Å². The van der Waals surface area contributed by atoms with Gasteiger partial charge in [-0.05, 0) is 44.2 Å². The summed E-state index contributed by atoms with van der Waals surface area (Å²) in [6.45, 7) is 6.22. The van der Waals surface area contributed by atoms with Gasteiger partial charge in [0.1, 0.15) is 0 Å². The normalized spacial score (nSPS) is 12.5. The molecular formula is C16H22ClN3S. The van der Waals surface area contributed by atoms with Gasteiger partial charge in [0.2, 0.25) is 0 Å². The Labute approximate surface area is 136 Å². The molecule has 21 heavy (non-hydrogen) atoms. The maximum atomic E-state index is 5.92. The maximum absolute atomic E-state index is 5.92. The van der Waals surface area contributed by atoms with E-state index in [2.05, 4.69) is 42.6 Å². The Morgan fingerprint density at radius 2 is 2.05 bits per heavy atom. The first-order valence-electron chi connectivity index (χ1n) is 7.37. The van der Waals surface area contributed by atoms with Crippen molar-refractivity contribution in [2.45, 2.75) is 37.8 Å². The van der Waals surface area contributed by atoms with E-state index in [1.54, 1.807) is 0 Å². The van der Waals surface area contributed by atoms with Gasteiger partial charge in [0, 0.05) is 40.0 Å². The number of hydrogen-bond donors (Lipinski definition) is 1. The summed E-state index contributed by atoms with van der Waals surface area (Å²) in [7, 11) is 0. The number of rotatable bonds is 8. The highest BCUT2D eigenvalue weighted by molar-refractivity contribution is 7.99. The van der Waals surface area contributed by atoms with Crippen molar-refractivity contribution in [3.05, 3.63) is 47.2 Å². The Morgan fingerprint density at radius 3 is 2.67 bits per heavy atom. The van der Waals surface area contributed by atoms with E-state index < -0.39 is 0 Å². The van der Waals surface area contributed by atoms with E-state index in [1.807, 2.05) is 34.8 Å². The molecule has 0 fully saturated rings. The smallest absolute Gasteiger partial charge is 0.0537 e. The molecule has 0 spiro atoms. The SMILES string of the molecule is CCCNC(CSc1ccc(Cl)cc1)c1cnn(CC)c1. The van der Waals surface area contributed by atoms with Crippen LogP contribution < -0.4 is 5.32 Å². The third-order valence-electron chi connectivity index (χ3n) is 3.25. The van der Waals surface area contributed by atoms with E-state index in [9.17, 15) is 0 Å². The lowest BCUT2D eigenvalue weighted by Crippen LogP contribution is -2.23. The predicted octanol–water partition coefficient (Wildman–Crippen LogP) is 4.39. The minimum Gasteiger partial charge on any atom is -0.309 e. The van der Waals surface area contributed by atoms with Crippen molar-refractivity contribution in [1.29, 1.82) is 0 Å². The van der Waals surface area contributed by atoms with Gasteiger partial charge in [0.25, 0.3) is 0 Å². The zero-order valence-corrected chi connectivity index (χ0v) is 14.1. The van der Waals surface area contributed by atoms with Crippen LogP contribution in [-0.4, -0.2) is 22.1 Å². The molecule has 1 atom stereocenters. The van der Waals surface area contributed by atoms with Gasteiger partial charge in [0.15, 0.2) is 0 Å². The molecule has 1 aromatic heterocycles. The Bertz CT molecular complexity index is 539. The van der Waals surface area contributed by atoms with Crippen LogP contribution in [0, 0.1) is 0 Å². The van der Waals surface area contributed by atoms with Crippen LogP contribution in [0.2, 0.25) is 5.02 Å². The first-order valence-corrected chi connectivity index (χ1v) is 8.73. The summed E-state index contributed by atoms with van der Waals surface area (Å²) >= 11 is 7.77. The van der Waals surface area contributed by atoms with Gasteiger partial charge in [-0.1, -0.05) is 18.5 Å². The van der Waals surface area contributed by atoms with Crippen molar-refractivity contribution < 1.29 is 0 Å². The fourth-order valence-electron chi connectivity index (χ4n) is 2.03. The van der Waals surface area contributed by atoms with Gasteiger partial charge >= 0.3 is 0 Å².